The van der Waals surface area contributed by atoms with Gasteiger partial charge in [0, 0.05) is 22.8 Å². The number of aliphatic hydroxyl groups is 1. The molecular formula is C25H15ClF36OS2. The quantitative estimate of drug-likeness (QED) is 0.0768. The van der Waals surface area contributed by atoms with Crippen molar-refractivity contribution in [1.82, 2.24) is 0 Å². The molecule has 0 saturated carbocycles. The van der Waals surface area contributed by atoms with E-state index in [1.807, 2.05) is 0 Å². The van der Waals surface area contributed by atoms with Gasteiger partial charge in [-0.3, -0.25) is 0 Å². The largest absolute Gasteiger partial charge is 0.460 e. The summed E-state index contributed by atoms with van der Waals surface area (Å²) in [6.45, 7) is -1.92. The zero-order valence-electron chi connectivity index (χ0n) is 29.1. The molecule has 0 rings (SSSR count). The number of aliphatic hydroxyl groups excluding tert-OH is 1. The molecule has 0 spiro atoms. The van der Waals surface area contributed by atoms with Crippen LogP contribution in [-0.2, 0) is 0 Å². The zero-order chi connectivity index (χ0) is 53.3. The molecule has 0 saturated heterocycles. The summed E-state index contributed by atoms with van der Waals surface area (Å²) in [4.78, 5) is 0. The molecule has 0 radical (unpaired) electrons. The minimum atomic E-state index is -9.08. The lowest BCUT2D eigenvalue weighted by atomic mass is 9.88. The smallest absolute Gasteiger partial charge is 0.396 e. The Morgan fingerprint density at radius 2 is 0.508 bits per heavy atom. The van der Waals surface area contributed by atoms with Gasteiger partial charge in [-0.05, 0) is 0 Å². The molecule has 2 unspecified atom stereocenters. The van der Waals surface area contributed by atoms with Crippen LogP contribution in [0.1, 0.15) is 12.8 Å². The Morgan fingerprint density at radius 3 is 0.677 bits per heavy atom. The standard InChI is InChI=1S/C25H15ClF36OS2/c26-3-9(4-63,5-64-7(27)1-10(29,30)12(33,34)14(37,38)16(41,42)18(45,46)20(49,50)22(53,54)24(57,58)59)6-65-8(28)2-11(31,32)13(35,36)15(39,40)17(43,44)19(47,48)21(51,52)23(55,56)25(60,61)62/h7-8,63H,1-6H2. The van der Waals surface area contributed by atoms with Gasteiger partial charge in [0.15, 0.2) is 11.0 Å². The van der Waals surface area contributed by atoms with Crippen molar-refractivity contribution in [2.24, 2.45) is 5.41 Å². The lowest BCUT2D eigenvalue weighted by Crippen LogP contribution is -2.74. The van der Waals surface area contributed by atoms with E-state index >= 15 is 0 Å². The van der Waals surface area contributed by atoms with Crippen LogP contribution in [0.3, 0.4) is 0 Å². The fourth-order valence-corrected chi connectivity index (χ4v) is 6.90. The highest BCUT2D eigenvalue weighted by Crippen LogP contribution is 2.66. The molecule has 392 valence electrons. The van der Waals surface area contributed by atoms with Crippen LogP contribution >= 0.6 is 35.1 Å². The Bertz CT molecular complexity index is 1490. The maximum absolute atomic E-state index is 14.4. The average molecular weight is 1110 g/mol. The maximum Gasteiger partial charge on any atom is 0.460 e. The van der Waals surface area contributed by atoms with Gasteiger partial charge >= 0.3 is 95.3 Å². The molecular weight excluding hydrogens is 1100 g/mol. The average Bonchev–Trinajstić information content (AvgIpc) is 3.09. The molecule has 0 aromatic carbocycles. The highest BCUT2D eigenvalue weighted by atomic mass is 35.5. The number of hydrogen-bond donors (Lipinski definition) is 1. The summed E-state index contributed by atoms with van der Waals surface area (Å²) in [5.74, 6) is -126. The van der Waals surface area contributed by atoms with Gasteiger partial charge in [0.25, 0.3) is 0 Å². The Kier molecular flexibility index (Phi) is 17.6. The Hall–Kier alpha value is -1.57. The first-order chi connectivity index (χ1) is 27.8. The number of halogens is 37. The minimum absolute atomic E-state index is 1.20. The second-order valence-corrected chi connectivity index (χ2v) is 15.5. The summed E-state index contributed by atoms with van der Waals surface area (Å²) in [6.07, 6.45) is -23.8. The third-order valence-electron chi connectivity index (χ3n) is 8.17. The Balaban J connectivity index is 6.44. The van der Waals surface area contributed by atoms with Crippen LogP contribution < -0.4 is 0 Å². The van der Waals surface area contributed by atoms with E-state index in [4.69, 9.17) is 11.6 Å². The van der Waals surface area contributed by atoms with Crippen LogP contribution in [0.4, 0.5) is 158 Å². The van der Waals surface area contributed by atoms with Gasteiger partial charge in [-0.25, -0.2) is 8.78 Å². The van der Waals surface area contributed by atoms with Crippen LogP contribution in [0.15, 0.2) is 0 Å². The Labute approximate surface area is 347 Å². The normalized spacial score (nSPS) is 18.2. The maximum atomic E-state index is 14.4. The van der Waals surface area contributed by atoms with Gasteiger partial charge in [-0.1, -0.05) is 0 Å². The monoisotopic (exact) mass is 1110 g/mol. The van der Waals surface area contributed by atoms with Gasteiger partial charge in [-0.2, -0.15) is 149 Å². The lowest BCUT2D eigenvalue weighted by Gasteiger charge is -2.43. The number of hydrogen-bond acceptors (Lipinski definition) is 3. The van der Waals surface area contributed by atoms with Crippen molar-refractivity contribution in [1.29, 1.82) is 0 Å². The number of rotatable bonds is 24. The molecule has 0 aliphatic heterocycles. The van der Waals surface area contributed by atoms with Crippen LogP contribution in [-0.4, -0.2) is 135 Å². The number of thioether (sulfide) groups is 2. The first-order valence-electron chi connectivity index (χ1n) is 14.9. The molecule has 1 nitrogen and oxygen atoms in total. The molecule has 40 heteroatoms. The summed E-state index contributed by atoms with van der Waals surface area (Å²) in [5.41, 5.74) is -11.2. The zero-order valence-corrected chi connectivity index (χ0v) is 31.5. The number of alkyl halides is 37. The van der Waals surface area contributed by atoms with Crippen molar-refractivity contribution in [2.45, 2.75) is 119 Å². The van der Waals surface area contributed by atoms with Crippen molar-refractivity contribution in [3.05, 3.63) is 0 Å². The Morgan fingerprint density at radius 1 is 0.323 bits per heavy atom. The third kappa shape index (κ3) is 9.81. The molecule has 0 aromatic rings. The predicted octanol–water partition coefficient (Wildman–Crippen LogP) is 14.1. The molecule has 2 atom stereocenters. The van der Waals surface area contributed by atoms with Gasteiger partial charge < -0.3 is 5.11 Å². The van der Waals surface area contributed by atoms with Crippen molar-refractivity contribution < 1.29 is 163 Å². The third-order valence-corrected chi connectivity index (χ3v) is 11.3. The summed E-state index contributed by atoms with van der Waals surface area (Å²) in [7, 11) is 0. The van der Waals surface area contributed by atoms with Gasteiger partial charge in [-0.15, -0.1) is 35.1 Å². The minimum Gasteiger partial charge on any atom is -0.396 e. The fraction of sp³-hybridized carbons (Fsp3) is 1.00. The van der Waals surface area contributed by atoms with E-state index in [-0.39, 0.29) is 0 Å². The van der Waals surface area contributed by atoms with E-state index in [1.165, 1.54) is 0 Å². The predicted molar refractivity (Wildman–Crippen MR) is 146 cm³/mol. The summed E-state index contributed by atoms with van der Waals surface area (Å²) in [6, 6.07) is 0. The second-order valence-electron chi connectivity index (χ2n) is 12.9. The molecule has 0 amide bonds. The summed E-state index contributed by atoms with van der Waals surface area (Å²) in [5, 5.41) is 9.45. The molecule has 0 heterocycles. The summed E-state index contributed by atoms with van der Waals surface area (Å²) >= 11 is 2.86. The molecule has 1 N–H and O–H groups in total. The van der Waals surface area contributed by atoms with Crippen LogP contribution in [0.25, 0.3) is 0 Å². The van der Waals surface area contributed by atoms with E-state index in [9.17, 15) is 163 Å². The van der Waals surface area contributed by atoms with Crippen LogP contribution in [0.2, 0.25) is 0 Å². The molecule has 65 heavy (non-hydrogen) atoms. The van der Waals surface area contributed by atoms with Crippen LogP contribution in [0.5, 0.6) is 0 Å². The van der Waals surface area contributed by atoms with Gasteiger partial charge in [0.2, 0.25) is 0 Å². The highest BCUT2D eigenvalue weighted by molar-refractivity contribution is 8.00. The second kappa shape index (κ2) is 18.0. The van der Waals surface area contributed by atoms with Crippen molar-refractivity contribution in [2.75, 3.05) is 24.0 Å². The SMILES string of the molecule is OCC(CCl)(CSC(F)CC(F)(F)C(F)(F)C(F)(F)C(F)(F)C(F)(F)C(F)(F)C(F)(F)C(F)(F)F)CSC(F)CC(F)(F)C(F)(F)C(F)(F)C(F)(F)C(F)(F)C(F)(F)C(F)(F)C(F)(F)F. The van der Waals surface area contributed by atoms with E-state index in [2.05, 4.69) is 0 Å². The first-order valence-corrected chi connectivity index (χ1v) is 17.6. The van der Waals surface area contributed by atoms with Gasteiger partial charge in [0.05, 0.1) is 19.4 Å². The van der Waals surface area contributed by atoms with Crippen molar-refractivity contribution >= 4 is 35.1 Å². The molecule has 0 aromatic heterocycles. The van der Waals surface area contributed by atoms with Crippen molar-refractivity contribution in [3.8, 4) is 0 Å². The molecule has 0 fully saturated rings. The fourth-order valence-electron chi connectivity index (χ4n) is 3.96. The van der Waals surface area contributed by atoms with E-state index < -0.39 is 172 Å². The van der Waals surface area contributed by atoms with Gasteiger partial charge in [0.1, 0.15) is 0 Å². The molecule has 0 aliphatic carbocycles. The lowest BCUT2D eigenvalue weighted by molar-refractivity contribution is -0.462. The molecule has 0 bridgehead atoms. The summed E-state index contributed by atoms with van der Waals surface area (Å²) < 4.78 is 485. The topological polar surface area (TPSA) is 20.2 Å². The van der Waals surface area contributed by atoms with E-state index in [1.54, 1.807) is 0 Å². The van der Waals surface area contributed by atoms with Crippen LogP contribution in [0, 0.1) is 5.41 Å². The highest BCUT2D eigenvalue weighted by Gasteiger charge is 2.97. The van der Waals surface area contributed by atoms with E-state index in [0.29, 0.717) is 0 Å². The van der Waals surface area contributed by atoms with E-state index in [0.717, 1.165) is 0 Å². The molecule has 0 aliphatic rings. The first kappa shape index (κ1) is 63.4. The van der Waals surface area contributed by atoms with Crippen molar-refractivity contribution in [3.63, 3.8) is 0 Å².